The van der Waals surface area contributed by atoms with Crippen LogP contribution in [0.4, 0.5) is 0 Å². The Morgan fingerprint density at radius 3 is 2.38 bits per heavy atom. The fraction of sp³-hybridized carbons (Fsp3) is 0.500. The van der Waals surface area contributed by atoms with Crippen LogP contribution in [0.1, 0.15) is 31.9 Å². The van der Waals surface area contributed by atoms with Gasteiger partial charge in [0.05, 0.1) is 4.90 Å². The summed E-state index contributed by atoms with van der Waals surface area (Å²) in [4.78, 5) is 11.5. The third kappa shape index (κ3) is 5.45. The third-order valence-electron chi connectivity index (χ3n) is 3.14. The van der Waals surface area contributed by atoms with E-state index in [0.29, 0.717) is 6.54 Å². The zero-order chi connectivity index (χ0) is 15.9. The van der Waals surface area contributed by atoms with Crippen LogP contribution in [-0.4, -0.2) is 34.5 Å². The van der Waals surface area contributed by atoms with Gasteiger partial charge in [-0.15, -0.1) is 0 Å². The molecule has 0 aliphatic carbocycles. The molecule has 1 unspecified atom stereocenters. The molecule has 0 radical (unpaired) electrons. The molecule has 0 bridgehead atoms. The third-order valence-corrected chi connectivity index (χ3v) is 4.62. The summed E-state index contributed by atoms with van der Waals surface area (Å²) in [6.07, 6.45) is 0.127. The van der Waals surface area contributed by atoms with Crippen molar-refractivity contribution in [3.8, 4) is 0 Å². The lowest BCUT2D eigenvalue weighted by Gasteiger charge is -2.11. The molecule has 0 heterocycles. The minimum Gasteiger partial charge on any atom is -0.356 e. The van der Waals surface area contributed by atoms with E-state index >= 15 is 0 Å². The minimum atomic E-state index is -3.57. The van der Waals surface area contributed by atoms with Gasteiger partial charge in [0.15, 0.2) is 0 Å². The van der Waals surface area contributed by atoms with Gasteiger partial charge in [-0.3, -0.25) is 4.79 Å². The number of hydrogen-bond acceptors (Lipinski definition) is 4. The van der Waals surface area contributed by atoms with Gasteiger partial charge in [-0.05, 0) is 38.6 Å². The number of carbonyl (C=O) groups is 1. The van der Waals surface area contributed by atoms with E-state index in [1.165, 1.54) is 0 Å². The maximum absolute atomic E-state index is 12.1. The number of carbonyl (C=O) groups excluding carboxylic acids is 1. The molecule has 6 nitrogen and oxygen atoms in total. The Kier molecular flexibility index (Phi) is 6.80. The quantitative estimate of drug-likeness (QED) is 0.661. The van der Waals surface area contributed by atoms with Gasteiger partial charge < -0.3 is 10.6 Å². The predicted molar refractivity (Wildman–Crippen MR) is 82.4 cm³/mol. The molecule has 7 heteroatoms. The van der Waals surface area contributed by atoms with Crippen LogP contribution in [0.25, 0.3) is 0 Å². The highest BCUT2D eigenvalue weighted by Gasteiger charge is 2.14. The largest absolute Gasteiger partial charge is 0.356 e. The van der Waals surface area contributed by atoms with Gasteiger partial charge in [0.25, 0.3) is 0 Å². The van der Waals surface area contributed by atoms with E-state index in [0.717, 1.165) is 5.56 Å². The number of rotatable bonds is 8. The number of nitrogens with one attached hydrogen (secondary N) is 3. The summed E-state index contributed by atoms with van der Waals surface area (Å²) in [6.45, 7) is 4.43. The van der Waals surface area contributed by atoms with Crippen LogP contribution >= 0.6 is 0 Å². The molecular weight excluding hydrogens is 290 g/mol. The molecule has 0 spiro atoms. The number of sulfonamides is 1. The van der Waals surface area contributed by atoms with E-state index < -0.39 is 10.0 Å². The van der Waals surface area contributed by atoms with E-state index in [9.17, 15) is 13.2 Å². The molecule has 1 rings (SSSR count). The Bertz CT molecular complexity index is 555. The standard InChI is InChI=1S/C14H23N3O3S/c1-4-16-14(18)9-10-17-21(19,20)13-7-5-12(6-8-13)11(2)15-3/h5-8,11,15,17H,4,9-10H2,1-3H3,(H,16,18). The molecule has 0 aliphatic rings. The first-order chi connectivity index (χ1) is 9.90. The summed E-state index contributed by atoms with van der Waals surface area (Å²) >= 11 is 0. The van der Waals surface area contributed by atoms with Crippen LogP contribution in [0, 0.1) is 0 Å². The fourth-order valence-electron chi connectivity index (χ4n) is 1.77. The molecule has 21 heavy (non-hydrogen) atoms. The molecule has 0 aromatic heterocycles. The fourth-order valence-corrected chi connectivity index (χ4v) is 2.80. The molecule has 3 N–H and O–H groups in total. The van der Waals surface area contributed by atoms with Crippen molar-refractivity contribution in [2.45, 2.75) is 31.2 Å². The van der Waals surface area contributed by atoms with E-state index in [1.54, 1.807) is 24.3 Å². The van der Waals surface area contributed by atoms with Crippen molar-refractivity contribution >= 4 is 15.9 Å². The summed E-state index contributed by atoms with van der Waals surface area (Å²) in [6, 6.07) is 6.85. The van der Waals surface area contributed by atoms with E-state index in [1.807, 2.05) is 20.9 Å². The first-order valence-corrected chi connectivity index (χ1v) is 8.42. The maximum Gasteiger partial charge on any atom is 0.240 e. The first-order valence-electron chi connectivity index (χ1n) is 6.94. The zero-order valence-corrected chi connectivity index (χ0v) is 13.5. The minimum absolute atomic E-state index is 0.0861. The molecule has 118 valence electrons. The molecular formula is C14H23N3O3S. The highest BCUT2D eigenvalue weighted by atomic mass is 32.2. The lowest BCUT2D eigenvalue weighted by molar-refractivity contribution is -0.120. The van der Waals surface area contributed by atoms with E-state index in [-0.39, 0.29) is 29.8 Å². The topological polar surface area (TPSA) is 87.3 Å². The first kappa shape index (κ1) is 17.6. The van der Waals surface area contributed by atoms with Crippen molar-refractivity contribution in [1.82, 2.24) is 15.4 Å². The van der Waals surface area contributed by atoms with Crippen molar-refractivity contribution in [3.05, 3.63) is 29.8 Å². The van der Waals surface area contributed by atoms with Crippen LogP contribution in [0.2, 0.25) is 0 Å². The lowest BCUT2D eigenvalue weighted by Crippen LogP contribution is -2.30. The zero-order valence-electron chi connectivity index (χ0n) is 12.6. The normalized spacial score (nSPS) is 12.9. The average molecular weight is 313 g/mol. The Hall–Kier alpha value is -1.44. The molecule has 0 fully saturated rings. The Morgan fingerprint density at radius 1 is 1.24 bits per heavy atom. The highest BCUT2D eigenvalue weighted by Crippen LogP contribution is 2.15. The second kappa shape index (κ2) is 8.11. The number of benzene rings is 1. The summed E-state index contributed by atoms with van der Waals surface area (Å²) in [5.74, 6) is -0.168. The molecule has 1 aromatic carbocycles. The molecule has 0 aliphatic heterocycles. The van der Waals surface area contributed by atoms with Crippen molar-refractivity contribution in [3.63, 3.8) is 0 Å². The van der Waals surface area contributed by atoms with Crippen molar-refractivity contribution in [2.75, 3.05) is 20.1 Å². The van der Waals surface area contributed by atoms with Gasteiger partial charge in [0, 0.05) is 25.6 Å². The number of hydrogen-bond donors (Lipinski definition) is 3. The molecule has 1 aromatic rings. The van der Waals surface area contributed by atoms with Crippen LogP contribution in [-0.2, 0) is 14.8 Å². The molecule has 1 atom stereocenters. The molecule has 1 amide bonds. The van der Waals surface area contributed by atoms with Gasteiger partial charge in [-0.2, -0.15) is 0 Å². The second-order valence-electron chi connectivity index (χ2n) is 4.68. The van der Waals surface area contributed by atoms with E-state index in [4.69, 9.17) is 0 Å². The lowest BCUT2D eigenvalue weighted by atomic mass is 10.1. The highest BCUT2D eigenvalue weighted by molar-refractivity contribution is 7.89. The monoisotopic (exact) mass is 313 g/mol. The van der Waals surface area contributed by atoms with Crippen LogP contribution in [0.15, 0.2) is 29.2 Å². The summed E-state index contributed by atoms with van der Waals surface area (Å²) in [7, 11) is -1.73. The van der Waals surface area contributed by atoms with Crippen LogP contribution in [0.5, 0.6) is 0 Å². The van der Waals surface area contributed by atoms with Crippen molar-refractivity contribution in [1.29, 1.82) is 0 Å². The Balaban J connectivity index is 2.64. The van der Waals surface area contributed by atoms with Gasteiger partial charge in [-0.25, -0.2) is 13.1 Å². The predicted octanol–water partition coefficient (Wildman–Crippen LogP) is 0.772. The van der Waals surface area contributed by atoms with Crippen LogP contribution < -0.4 is 15.4 Å². The Labute approximate surface area is 126 Å². The SMILES string of the molecule is CCNC(=O)CCNS(=O)(=O)c1ccc(C(C)NC)cc1. The summed E-state index contributed by atoms with van der Waals surface area (Å²) in [5.41, 5.74) is 1.01. The second-order valence-corrected chi connectivity index (χ2v) is 6.45. The smallest absolute Gasteiger partial charge is 0.240 e. The molecule has 0 saturated heterocycles. The Morgan fingerprint density at radius 2 is 1.86 bits per heavy atom. The van der Waals surface area contributed by atoms with Crippen molar-refractivity contribution < 1.29 is 13.2 Å². The van der Waals surface area contributed by atoms with Crippen LogP contribution in [0.3, 0.4) is 0 Å². The average Bonchev–Trinajstić information content (AvgIpc) is 2.46. The van der Waals surface area contributed by atoms with Gasteiger partial charge >= 0.3 is 0 Å². The van der Waals surface area contributed by atoms with Gasteiger partial charge in [0.2, 0.25) is 15.9 Å². The van der Waals surface area contributed by atoms with Gasteiger partial charge in [-0.1, -0.05) is 12.1 Å². The summed E-state index contributed by atoms with van der Waals surface area (Å²) < 4.78 is 26.6. The van der Waals surface area contributed by atoms with Gasteiger partial charge in [0.1, 0.15) is 0 Å². The molecule has 0 saturated carbocycles. The maximum atomic E-state index is 12.1. The number of amides is 1. The summed E-state index contributed by atoms with van der Waals surface area (Å²) in [5, 5.41) is 5.71. The van der Waals surface area contributed by atoms with Crippen molar-refractivity contribution in [2.24, 2.45) is 0 Å². The van der Waals surface area contributed by atoms with E-state index in [2.05, 4.69) is 15.4 Å².